The number of aryl methyl sites for hydroxylation is 2. The maximum absolute atomic E-state index is 13.1. The maximum Gasteiger partial charge on any atom is 0.254 e. The highest BCUT2D eigenvalue weighted by Gasteiger charge is 2.22. The van der Waals surface area contributed by atoms with E-state index in [2.05, 4.69) is 6.58 Å². The summed E-state index contributed by atoms with van der Waals surface area (Å²) in [5, 5.41) is 0. The average molecular weight is 335 g/mol. The number of carbonyl (C=O) groups excluding carboxylic acids is 2. The minimum atomic E-state index is -0.139. The van der Waals surface area contributed by atoms with E-state index in [-0.39, 0.29) is 11.7 Å². The lowest BCUT2D eigenvalue weighted by Crippen LogP contribution is -2.33. The Morgan fingerprint density at radius 3 is 2.24 bits per heavy atom. The third-order valence-electron chi connectivity index (χ3n) is 4.17. The standard InChI is InChI=1S/C22H25NO2/c1-6-23(14-15(2)3)22(25)19-10-8-7-9-18(19)21(24)20-13-16(4)11-12-17(20)5/h7-13H,2,6,14H2,1,3-5H3. The van der Waals surface area contributed by atoms with E-state index in [9.17, 15) is 9.59 Å². The van der Waals surface area contributed by atoms with Gasteiger partial charge in [-0.2, -0.15) is 0 Å². The molecule has 25 heavy (non-hydrogen) atoms. The van der Waals surface area contributed by atoms with Crippen molar-refractivity contribution >= 4 is 11.7 Å². The number of nitrogens with zero attached hydrogens (tertiary/aromatic N) is 1. The molecule has 1 amide bonds. The number of benzene rings is 2. The summed E-state index contributed by atoms with van der Waals surface area (Å²) in [6, 6.07) is 12.8. The first-order valence-electron chi connectivity index (χ1n) is 8.49. The topological polar surface area (TPSA) is 37.4 Å². The van der Waals surface area contributed by atoms with Gasteiger partial charge in [0, 0.05) is 24.2 Å². The highest BCUT2D eigenvalue weighted by molar-refractivity contribution is 6.16. The number of carbonyl (C=O) groups is 2. The Balaban J connectivity index is 2.47. The Labute approximate surface area is 150 Å². The molecule has 2 aromatic carbocycles. The summed E-state index contributed by atoms with van der Waals surface area (Å²) in [6.45, 7) is 12.6. The van der Waals surface area contributed by atoms with Gasteiger partial charge in [0.25, 0.3) is 5.91 Å². The van der Waals surface area contributed by atoms with Crippen LogP contribution in [-0.4, -0.2) is 29.7 Å². The minimum absolute atomic E-state index is 0.114. The molecule has 0 aliphatic heterocycles. The zero-order valence-corrected chi connectivity index (χ0v) is 15.4. The molecule has 0 saturated heterocycles. The molecule has 0 spiro atoms. The summed E-state index contributed by atoms with van der Waals surface area (Å²) in [5.41, 5.74) is 4.37. The summed E-state index contributed by atoms with van der Waals surface area (Å²) < 4.78 is 0. The van der Waals surface area contributed by atoms with E-state index in [1.807, 2.05) is 45.9 Å². The van der Waals surface area contributed by atoms with Crippen LogP contribution < -0.4 is 0 Å². The van der Waals surface area contributed by atoms with Gasteiger partial charge in [-0.25, -0.2) is 0 Å². The Hall–Kier alpha value is -2.68. The highest BCUT2D eigenvalue weighted by Crippen LogP contribution is 2.20. The van der Waals surface area contributed by atoms with E-state index in [0.717, 1.165) is 16.7 Å². The second-order valence-corrected chi connectivity index (χ2v) is 6.47. The first-order chi connectivity index (χ1) is 11.8. The van der Waals surface area contributed by atoms with Gasteiger partial charge < -0.3 is 4.90 Å². The third-order valence-corrected chi connectivity index (χ3v) is 4.17. The smallest absolute Gasteiger partial charge is 0.254 e. The van der Waals surface area contributed by atoms with E-state index in [4.69, 9.17) is 0 Å². The van der Waals surface area contributed by atoms with Crippen molar-refractivity contribution in [2.45, 2.75) is 27.7 Å². The molecule has 0 fully saturated rings. The first-order valence-corrected chi connectivity index (χ1v) is 8.49. The van der Waals surface area contributed by atoms with Gasteiger partial charge in [0.15, 0.2) is 5.78 Å². The van der Waals surface area contributed by atoms with Gasteiger partial charge in [-0.1, -0.05) is 48.0 Å². The summed E-state index contributed by atoms with van der Waals surface area (Å²) in [4.78, 5) is 27.7. The van der Waals surface area contributed by atoms with Crippen LogP contribution in [0, 0.1) is 13.8 Å². The Bertz CT molecular complexity index is 821. The lowest BCUT2D eigenvalue weighted by molar-refractivity contribution is 0.0773. The fourth-order valence-corrected chi connectivity index (χ4v) is 2.82. The maximum atomic E-state index is 13.1. The van der Waals surface area contributed by atoms with Crippen LogP contribution in [-0.2, 0) is 0 Å². The summed E-state index contributed by atoms with van der Waals surface area (Å²) in [7, 11) is 0. The van der Waals surface area contributed by atoms with Gasteiger partial charge in [0.2, 0.25) is 0 Å². The van der Waals surface area contributed by atoms with Gasteiger partial charge in [-0.05, 0) is 45.4 Å². The molecule has 0 aliphatic carbocycles. The van der Waals surface area contributed by atoms with Crippen molar-refractivity contribution in [2.75, 3.05) is 13.1 Å². The van der Waals surface area contributed by atoms with E-state index < -0.39 is 0 Å². The van der Waals surface area contributed by atoms with Crippen molar-refractivity contribution < 1.29 is 9.59 Å². The van der Waals surface area contributed by atoms with E-state index >= 15 is 0 Å². The Morgan fingerprint density at radius 2 is 1.64 bits per heavy atom. The molecule has 0 saturated carbocycles. The van der Waals surface area contributed by atoms with Crippen molar-refractivity contribution in [1.82, 2.24) is 4.90 Å². The molecule has 0 N–H and O–H groups in total. The highest BCUT2D eigenvalue weighted by atomic mass is 16.2. The van der Waals surface area contributed by atoms with Gasteiger partial charge >= 0.3 is 0 Å². The van der Waals surface area contributed by atoms with Crippen LogP contribution in [0.25, 0.3) is 0 Å². The molecular weight excluding hydrogens is 310 g/mol. The molecule has 0 bridgehead atoms. The predicted octanol–water partition coefficient (Wildman–Crippen LogP) is 4.57. The van der Waals surface area contributed by atoms with Crippen LogP contribution in [0.3, 0.4) is 0 Å². The Morgan fingerprint density at radius 1 is 1.00 bits per heavy atom. The lowest BCUT2D eigenvalue weighted by Gasteiger charge is -2.22. The summed E-state index contributed by atoms with van der Waals surface area (Å²) in [5.74, 6) is -0.253. The van der Waals surface area contributed by atoms with E-state index in [1.165, 1.54) is 0 Å². The SMILES string of the molecule is C=C(C)CN(CC)C(=O)c1ccccc1C(=O)c1cc(C)ccc1C. The zero-order valence-electron chi connectivity index (χ0n) is 15.4. The summed E-state index contributed by atoms with van der Waals surface area (Å²) in [6.07, 6.45) is 0. The molecule has 0 unspecified atom stereocenters. The number of amides is 1. The predicted molar refractivity (Wildman–Crippen MR) is 102 cm³/mol. The van der Waals surface area contributed by atoms with Crippen molar-refractivity contribution in [3.05, 3.63) is 82.4 Å². The van der Waals surface area contributed by atoms with E-state index in [0.29, 0.717) is 29.8 Å². The van der Waals surface area contributed by atoms with Gasteiger partial charge in [0.05, 0.1) is 5.56 Å². The van der Waals surface area contributed by atoms with Crippen LogP contribution in [0.4, 0.5) is 0 Å². The van der Waals surface area contributed by atoms with Crippen LogP contribution in [0.5, 0.6) is 0 Å². The molecule has 2 rings (SSSR count). The second kappa shape index (κ2) is 7.93. The van der Waals surface area contributed by atoms with Crippen LogP contribution >= 0.6 is 0 Å². The minimum Gasteiger partial charge on any atom is -0.335 e. The third kappa shape index (κ3) is 4.24. The monoisotopic (exact) mass is 335 g/mol. The van der Waals surface area contributed by atoms with Gasteiger partial charge in [-0.15, -0.1) is 0 Å². The molecule has 0 aliphatic rings. The molecular formula is C22H25NO2. The van der Waals surface area contributed by atoms with Crippen LogP contribution in [0.1, 0.15) is 51.3 Å². The van der Waals surface area contributed by atoms with Crippen molar-refractivity contribution in [2.24, 2.45) is 0 Å². The number of rotatable bonds is 6. The van der Waals surface area contributed by atoms with Crippen molar-refractivity contribution in [1.29, 1.82) is 0 Å². The number of hydrogen-bond acceptors (Lipinski definition) is 2. The molecule has 3 heteroatoms. The Kier molecular flexibility index (Phi) is 5.92. The fraction of sp³-hybridized carbons (Fsp3) is 0.273. The number of hydrogen-bond donors (Lipinski definition) is 0. The van der Waals surface area contributed by atoms with Gasteiger partial charge in [0.1, 0.15) is 0 Å². The van der Waals surface area contributed by atoms with Crippen molar-refractivity contribution in [3.63, 3.8) is 0 Å². The molecule has 0 aromatic heterocycles. The number of likely N-dealkylation sites (N-methyl/N-ethyl adjacent to an activating group) is 1. The van der Waals surface area contributed by atoms with Crippen LogP contribution in [0.15, 0.2) is 54.6 Å². The lowest BCUT2D eigenvalue weighted by atomic mass is 9.94. The molecule has 130 valence electrons. The number of ketones is 1. The average Bonchev–Trinajstić information content (AvgIpc) is 2.60. The van der Waals surface area contributed by atoms with Gasteiger partial charge in [-0.3, -0.25) is 9.59 Å². The largest absolute Gasteiger partial charge is 0.335 e. The van der Waals surface area contributed by atoms with Crippen molar-refractivity contribution in [3.8, 4) is 0 Å². The van der Waals surface area contributed by atoms with E-state index in [1.54, 1.807) is 29.2 Å². The van der Waals surface area contributed by atoms with Crippen LogP contribution in [0.2, 0.25) is 0 Å². The zero-order chi connectivity index (χ0) is 18.6. The fourth-order valence-electron chi connectivity index (χ4n) is 2.82. The molecule has 3 nitrogen and oxygen atoms in total. The quantitative estimate of drug-likeness (QED) is 0.573. The summed E-state index contributed by atoms with van der Waals surface area (Å²) >= 11 is 0. The first kappa shape index (κ1) is 18.7. The normalized spacial score (nSPS) is 10.4. The molecule has 0 heterocycles. The molecule has 2 aromatic rings. The molecule has 0 atom stereocenters. The second-order valence-electron chi connectivity index (χ2n) is 6.47. The molecule has 0 radical (unpaired) electrons.